The van der Waals surface area contributed by atoms with Crippen LogP contribution in [0, 0.1) is 19.7 Å². The van der Waals surface area contributed by atoms with Gasteiger partial charge >= 0.3 is 0 Å². The van der Waals surface area contributed by atoms with Crippen molar-refractivity contribution in [3.8, 4) is 5.69 Å². The van der Waals surface area contributed by atoms with Gasteiger partial charge in [-0.2, -0.15) is 9.78 Å². The first-order valence-corrected chi connectivity index (χ1v) is 8.23. The first-order chi connectivity index (χ1) is 12.0. The Morgan fingerprint density at radius 2 is 2.00 bits per heavy atom. The fraction of sp³-hybridized carbons (Fsp3) is 0.412. The molecule has 0 amide bonds. The van der Waals surface area contributed by atoms with Gasteiger partial charge in [-0.15, -0.1) is 5.10 Å². The Labute approximate surface area is 145 Å². The van der Waals surface area contributed by atoms with E-state index in [0.717, 1.165) is 11.1 Å². The number of hydrogen-bond donors (Lipinski definition) is 1. The van der Waals surface area contributed by atoms with Crippen LogP contribution < -0.4 is 5.32 Å². The molecule has 2 aromatic heterocycles. The fourth-order valence-corrected chi connectivity index (χ4v) is 2.60. The molecule has 0 saturated heterocycles. The first kappa shape index (κ1) is 17.2. The van der Waals surface area contributed by atoms with E-state index in [1.54, 1.807) is 12.1 Å². The van der Waals surface area contributed by atoms with Crippen LogP contribution in [-0.2, 0) is 6.54 Å². The second-order valence-corrected chi connectivity index (χ2v) is 6.37. The van der Waals surface area contributed by atoms with Gasteiger partial charge in [0.1, 0.15) is 11.5 Å². The predicted molar refractivity (Wildman–Crippen MR) is 91.8 cm³/mol. The molecule has 0 saturated carbocycles. The molecule has 2 unspecified atom stereocenters. The maximum atomic E-state index is 14.1. The van der Waals surface area contributed by atoms with Crippen molar-refractivity contribution in [1.82, 2.24) is 35.3 Å². The van der Waals surface area contributed by atoms with Crippen LogP contribution in [0.1, 0.15) is 36.8 Å². The monoisotopic (exact) mass is 343 g/mol. The Kier molecular flexibility index (Phi) is 4.89. The Morgan fingerprint density at radius 3 is 2.72 bits per heavy atom. The van der Waals surface area contributed by atoms with E-state index in [1.165, 1.54) is 10.7 Å². The van der Waals surface area contributed by atoms with Gasteiger partial charge in [-0.05, 0) is 61.4 Å². The van der Waals surface area contributed by atoms with E-state index in [1.807, 2.05) is 30.9 Å². The van der Waals surface area contributed by atoms with E-state index < -0.39 is 0 Å². The number of aromatic nitrogens is 6. The number of halogens is 1. The van der Waals surface area contributed by atoms with Crippen molar-refractivity contribution in [3.05, 3.63) is 53.4 Å². The third-order valence-corrected chi connectivity index (χ3v) is 4.32. The molecule has 0 aliphatic heterocycles. The van der Waals surface area contributed by atoms with Gasteiger partial charge in [0.05, 0.1) is 18.8 Å². The standard InChI is InChI=1S/C17H22FN7/c1-11-5-6-15(18)16(7-11)25-17(21-22-23-25)9-19-13(3)14(4)24-10-12(2)8-20-24/h5-8,10,13-14,19H,9H2,1-4H3. The van der Waals surface area contributed by atoms with Gasteiger partial charge in [-0.1, -0.05) is 6.07 Å². The number of nitrogens with one attached hydrogen (secondary N) is 1. The van der Waals surface area contributed by atoms with E-state index in [-0.39, 0.29) is 17.9 Å². The third-order valence-electron chi connectivity index (χ3n) is 4.32. The molecule has 1 aromatic carbocycles. The second kappa shape index (κ2) is 7.10. The van der Waals surface area contributed by atoms with Gasteiger partial charge < -0.3 is 5.32 Å². The quantitative estimate of drug-likeness (QED) is 0.744. The molecule has 2 atom stereocenters. The van der Waals surface area contributed by atoms with Crippen LogP contribution in [0.15, 0.2) is 30.6 Å². The Bertz CT molecular complexity index is 854. The Balaban J connectivity index is 1.72. The summed E-state index contributed by atoms with van der Waals surface area (Å²) in [4.78, 5) is 0. The molecular formula is C17H22FN7. The number of nitrogens with zero attached hydrogens (tertiary/aromatic N) is 6. The van der Waals surface area contributed by atoms with Crippen molar-refractivity contribution in [3.63, 3.8) is 0 Å². The normalized spacial score (nSPS) is 13.8. The van der Waals surface area contributed by atoms with Crippen molar-refractivity contribution in [1.29, 1.82) is 0 Å². The average Bonchev–Trinajstić information content (AvgIpc) is 3.23. The van der Waals surface area contributed by atoms with Crippen LogP contribution in [0.5, 0.6) is 0 Å². The summed E-state index contributed by atoms with van der Waals surface area (Å²) in [5, 5.41) is 19.4. The van der Waals surface area contributed by atoms with Crippen LogP contribution >= 0.6 is 0 Å². The second-order valence-electron chi connectivity index (χ2n) is 6.37. The molecule has 0 radical (unpaired) electrons. The SMILES string of the molecule is Cc1ccc(F)c(-n2nnnc2CNC(C)C(C)n2cc(C)cn2)c1. The minimum atomic E-state index is -0.354. The molecule has 132 valence electrons. The molecule has 7 nitrogen and oxygen atoms in total. The molecule has 0 fully saturated rings. The van der Waals surface area contributed by atoms with E-state index in [2.05, 4.69) is 39.8 Å². The molecular weight excluding hydrogens is 321 g/mol. The highest BCUT2D eigenvalue weighted by Crippen LogP contribution is 2.16. The van der Waals surface area contributed by atoms with Crippen molar-refractivity contribution in [2.24, 2.45) is 0 Å². The molecule has 3 rings (SSSR count). The van der Waals surface area contributed by atoms with E-state index in [9.17, 15) is 4.39 Å². The van der Waals surface area contributed by atoms with Crippen LogP contribution in [0.3, 0.4) is 0 Å². The predicted octanol–water partition coefficient (Wildman–Crippen LogP) is 2.35. The summed E-state index contributed by atoms with van der Waals surface area (Å²) in [6.07, 6.45) is 3.85. The number of rotatable bonds is 6. The molecule has 0 bridgehead atoms. The van der Waals surface area contributed by atoms with Crippen molar-refractivity contribution in [2.45, 2.75) is 46.3 Å². The highest BCUT2D eigenvalue weighted by atomic mass is 19.1. The zero-order chi connectivity index (χ0) is 18.0. The minimum absolute atomic E-state index is 0.131. The topological polar surface area (TPSA) is 73.5 Å². The minimum Gasteiger partial charge on any atom is -0.305 e. The molecule has 0 spiro atoms. The summed E-state index contributed by atoms with van der Waals surface area (Å²) in [6.45, 7) is 8.50. The number of aryl methyl sites for hydroxylation is 2. The fourth-order valence-electron chi connectivity index (χ4n) is 2.60. The average molecular weight is 343 g/mol. The molecule has 0 aliphatic rings. The molecule has 3 aromatic rings. The van der Waals surface area contributed by atoms with Crippen molar-refractivity contribution in [2.75, 3.05) is 0 Å². The lowest BCUT2D eigenvalue weighted by Gasteiger charge is -2.21. The van der Waals surface area contributed by atoms with Gasteiger partial charge in [0.25, 0.3) is 0 Å². The van der Waals surface area contributed by atoms with Gasteiger partial charge in [0.2, 0.25) is 0 Å². The maximum absolute atomic E-state index is 14.1. The zero-order valence-corrected chi connectivity index (χ0v) is 14.8. The van der Waals surface area contributed by atoms with Gasteiger partial charge in [0, 0.05) is 12.2 Å². The van der Waals surface area contributed by atoms with Gasteiger partial charge in [0.15, 0.2) is 5.82 Å². The zero-order valence-electron chi connectivity index (χ0n) is 14.8. The van der Waals surface area contributed by atoms with Gasteiger partial charge in [-0.25, -0.2) is 4.39 Å². The van der Waals surface area contributed by atoms with Crippen LogP contribution in [-0.4, -0.2) is 36.0 Å². The highest BCUT2D eigenvalue weighted by molar-refractivity contribution is 5.36. The van der Waals surface area contributed by atoms with Crippen LogP contribution in [0.4, 0.5) is 4.39 Å². The van der Waals surface area contributed by atoms with E-state index in [0.29, 0.717) is 18.1 Å². The number of hydrogen-bond acceptors (Lipinski definition) is 5. The summed E-state index contributed by atoms with van der Waals surface area (Å²) >= 11 is 0. The molecule has 2 heterocycles. The largest absolute Gasteiger partial charge is 0.305 e. The molecule has 0 aliphatic carbocycles. The van der Waals surface area contributed by atoms with Crippen molar-refractivity contribution >= 4 is 0 Å². The van der Waals surface area contributed by atoms with Crippen LogP contribution in [0.2, 0.25) is 0 Å². The maximum Gasteiger partial charge on any atom is 0.170 e. The Morgan fingerprint density at radius 1 is 1.20 bits per heavy atom. The summed E-state index contributed by atoms with van der Waals surface area (Å²) in [5.41, 5.74) is 2.42. The lowest BCUT2D eigenvalue weighted by molar-refractivity contribution is 0.361. The van der Waals surface area contributed by atoms with Crippen molar-refractivity contribution < 1.29 is 4.39 Å². The van der Waals surface area contributed by atoms with E-state index >= 15 is 0 Å². The number of tetrazole rings is 1. The number of benzene rings is 1. The van der Waals surface area contributed by atoms with Crippen LogP contribution in [0.25, 0.3) is 5.69 Å². The summed E-state index contributed by atoms with van der Waals surface area (Å²) < 4.78 is 17.5. The molecule has 25 heavy (non-hydrogen) atoms. The first-order valence-electron chi connectivity index (χ1n) is 8.23. The third kappa shape index (κ3) is 3.74. The molecule has 1 N–H and O–H groups in total. The lowest BCUT2D eigenvalue weighted by atomic mass is 10.1. The molecule has 8 heteroatoms. The summed E-state index contributed by atoms with van der Waals surface area (Å²) in [5.74, 6) is 0.202. The Hall–Kier alpha value is -2.61. The smallest absolute Gasteiger partial charge is 0.170 e. The van der Waals surface area contributed by atoms with E-state index in [4.69, 9.17) is 0 Å². The van der Waals surface area contributed by atoms with Gasteiger partial charge in [-0.3, -0.25) is 4.68 Å². The summed E-state index contributed by atoms with van der Waals surface area (Å²) in [7, 11) is 0. The lowest BCUT2D eigenvalue weighted by Crippen LogP contribution is -2.34. The summed E-state index contributed by atoms with van der Waals surface area (Å²) in [6, 6.07) is 5.17. The highest BCUT2D eigenvalue weighted by Gasteiger charge is 2.17.